The molecule has 0 aliphatic heterocycles. The van der Waals surface area contributed by atoms with Crippen molar-refractivity contribution in [3.05, 3.63) is 18.1 Å². The number of hydrogen-bond donors (Lipinski definition) is 0. The maximum Gasteiger partial charge on any atom is 0.359 e. The van der Waals surface area contributed by atoms with Crippen LogP contribution in [0.4, 0.5) is 8.78 Å². The van der Waals surface area contributed by atoms with Gasteiger partial charge in [-0.25, -0.2) is 23.5 Å². The Morgan fingerprint density at radius 3 is 2.40 bits per heavy atom. The number of esters is 1. The second-order valence-corrected chi connectivity index (χ2v) is 5.75. The molecule has 0 bridgehead atoms. The highest BCUT2D eigenvalue weighted by Gasteiger charge is 2.47. The number of nitrogens with zero attached hydrogens (tertiary/aromatic N) is 2. The Morgan fingerprint density at radius 1 is 1.30 bits per heavy atom. The van der Waals surface area contributed by atoms with E-state index in [4.69, 9.17) is 9.47 Å². The lowest BCUT2D eigenvalue weighted by Gasteiger charge is -2.34. The molecule has 0 atom stereocenters. The zero-order valence-corrected chi connectivity index (χ0v) is 11.5. The van der Waals surface area contributed by atoms with Crippen LogP contribution in [0, 0.1) is 0 Å². The maximum absolute atomic E-state index is 12.6. The minimum absolute atomic E-state index is 0.0474. The molecule has 2 rings (SSSR count). The van der Waals surface area contributed by atoms with Crippen LogP contribution in [-0.4, -0.2) is 33.6 Å². The first kappa shape index (κ1) is 14.6. The normalized spacial score (nSPS) is 18.2. The van der Waals surface area contributed by atoms with Gasteiger partial charge in [0, 0.05) is 12.8 Å². The van der Waals surface area contributed by atoms with Crippen LogP contribution >= 0.6 is 0 Å². The summed E-state index contributed by atoms with van der Waals surface area (Å²) in [5, 5.41) is 0. The third-order valence-corrected chi connectivity index (χ3v) is 2.58. The van der Waals surface area contributed by atoms with Crippen LogP contribution in [0.1, 0.15) is 44.1 Å². The number of alkyl halides is 2. The Bertz CT molecular complexity index is 489. The van der Waals surface area contributed by atoms with Gasteiger partial charge in [-0.1, -0.05) is 0 Å². The first-order valence-corrected chi connectivity index (χ1v) is 6.24. The predicted molar refractivity (Wildman–Crippen MR) is 65.8 cm³/mol. The number of ether oxygens (including phenoxy) is 2. The van der Waals surface area contributed by atoms with Crippen LogP contribution in [0.3, 0.4) is 0 Å². The van der Waals surface area contributed by atoms with E-state index in [-0.39, 0.29) is 24.4 Å². The van der Waals surface area contributed by atoms with Gasteiger partial charge in [0.05, 0.1) is 12.4 Å². The summed E-state index contributed by atoms with van der Waals surface area (Å²) in [6.45, 7) is 5.23. The molecule has 1 aromatic rings. The third-order valence-electron chi connectivity index (χ3n) is 2.58. The molecule has 0 saturated heterocycles. The fraction of sp³-hybridized carbons (Fsp3) is 0.615. The quantitative estimate of drug-likeness (QED) is 0.799. The van der Waals surface area contributed by atoms with Crippen molar-refractivity contribution >= 4 is 5.97 Å². The first-order chi connectivity index (χ1) is 9.15. The first-order valence-electron chi connectivity index (χ1n) is 6.24. The van der Waals surface area contributed by atoms with E-state index in [0.717, 1.165) is 0 Å². The van der Waals surface area contributed by atoms with E-state index in [0.29, 0.717) is 0 Å². The largest absolute Gasteiger partial charge is 0.473 e. The number of halogens is 2. The summed E-state index contributed by atoms with van der Waals surface area (Å²) in [5.41, 5.74) is -0.572. The van der Waals surface area contributed by atoms with Crippen molar-refractivity contribution in [3.63, 3.8) is 0 Å². The standard InChI is InChI=1S/C13H16F2N2O3/c1-12(2,3)20-11(18)9-6-17-10(7-16-9)19-8-4-13(14,15)5-8/h6-8H,4-5H2,1-3H3. The smallest absolute Gasteiger partial charge is 0.359 e. The molecule has 0 N–H and O–H groups in total. The molecule has 1 heterocycles. The van der Waals surface area contributed by atoms with E-state index in [1.165, 1.54) is 12.4 Å². The van der Waals surface area contributed by atoms with Gasteiger partial charge in [-0.2, -0.15) is 0 Å². The second-order valence-electron chi connectivity index (χ2n) is 5.75. The molecule has 1 saturated carbocycles. The maximum atomic E-state index is 12.6. The summed E-state index contributed by atoms with van der Waals surface area (Å²) < 4.78 is 35.6. The van der Waals surface area contributed by atoms with Gasteiger partial charge in [0.25, 0.3) is 5.92 Å². The molecule has 20 heavy (non-hydrogen) atoms. The predicted octanol–water partition coefficient (Wildman–Crippen LogP) is 2.61. The fourth-order valence-corrected chi connectivity index (χ4v) is 1.67. The van der Waals surface area contributed by atoms with Gasteiger partial charge in [-0.3, -0.25) is 0 Å². The highest BCUT2D eigenvalue weighted by Crippen LogP contribution is 2.39. The highest BCUT2D eigenvalue weighted by atomic mass is 19.3. The molecule has 1 aliphatic rings. The van der Waals surface area contributed by atoms with E-state index in [2.05, 4.69) is 9.97 Å². The lowest BCUT2D eigenvalue weighted by molar-refractivity contribution is -0.135. The zero-order valence-electron chi connectivity index (χ0n) is 11.5. The van der Waals surface area contributed by atoms with Crippen molar-refractivity contribution in [2.45, 2.75) is 51.2 Å². The number of hydrogen-bond acceptors (Lipinski definition) is 5. The summed E-state index contributed by atoms with van der Waals surface area (Å²) in [6, 6.07) is 0. The summed E-state index contributed by atoms with van der Waals surface area (Å²) in [7, 11) is 0. The van der Waals surface area contributed by atoms with Gasteiger partial charge < -0.3 is 9.47 Å². The molecule has 1 aliphatic carbocycles. The SMILES string of the molecule is CC(C)(C)OC(=O)c1cnc(OC2CC(F)(F)C2)cn1. The Hall–Kier alpha value is -1.79. The van der Waals surface area contributed by atoms with Crippen LogP contribution in [0.2, 0.25) is 0 Å². The van der Waals surface area contributed by atoms with Crippen LogP contribution in [0.15, 0.2) is 12.4 Å². The molecule has 0 spiro atoms. The number of aromatic nitrogens is 2. The van der Waals surface area contributed by atoms with Gasteiger partial charge in [-0.15, -0.1) is 0 Å². The van der Waals surface area contributed by atoms with Gasteiger partial charge >= 0.3 is 5.97 Å². The van der Waals surface area contributed by atoms with Crippen LogP contribution in [-0.2, 0) is 4.74 Å². The monoisotopic (exact) mass is 286 g/mol. The molecule has 0 unspecified atom stereocenters. The fourth-order valence-electron chi connectivity index (χ4n) is 1.67. The summed E-state index contributed by atoms with van der Waals surface area (Å²) in [4.78, 5) is 19.4. The second kappa shape index (κ2) is 4.96. The topological polar surface area (TPSA) is 61.3 Å². The van der Waals surface area contributed by atoms with Crippen LogP contribution in [0.5, 0.6) is 5.88 Å². The van der Waals surface area contributed by atoms with Crippen molar-refractivity contribution in [3.8, 4) is 5.88 Å². The summed E-state index contributed by atoms with van der Waals surface area (Å²) >= 11 is 0. The van der Waals surface area contributed by atoms with Gasteiger partial charge in [0.15, 0.2) is 5.69 Å². The molecule has 0 amide bonds. The van der Waals surface area contributed by atoms with E-state index in [9.17, 15) is 13.6 Å². The molecule has 1 fully saturated rings. The Balaban J connectivity index is 1.92. The van der Waals surface area contributed by atoms with Crippen molar-refractivity contribution < 1.29 is 23.0 Å². The minimum Gasteiger partial charge on any atom is -0.473 e. The molecular formula is C13H16F2N2O3. The van der Waals surface area contributed by atoms with E-state index >= 15 is 0 Å². The average Bonchev–Trinajstić information content (AvgIpc) is 2.25. The third kappa shape index (κ3) is 3.85. The lowest BCUT2D eigenvalue weighted by Crippen LogP contribution is -2.43. The lowest BCUT2D eigenvalue weighted by atomic mass is 9.91. The van der Waals surface area contributed by atoms with E-state index in [1.54, 1.807) is 20.8 Å². The molecule has 0 aromatic carbocycles. The number of carbonyl (C=O) groups is 1. The Morgan fingerprint density at radius 2 is 1.95 bits per heavy atom. The molecule has 5 nitrogen and oxygen atoms in total. The minimum atomic E-state index is -2.64. The van der Waals surface area contributed by atoms with Crippen LogP contribution < -0.4 is 4.74 Å². The van der Waals surface area contributed by atoms with Gasteiger partial charge in [-0.05, 0) is 20.8 Å². The van der Waals surface area contributed by atoms with E-state index < -0.39 is 23.6 Å². The molecule has 7 heteroatoms. The van der Waals surface area contributed by atoms with Gasteiger partial charge in [0.2, 0.25) is 5.88 Å². The van der Waals surface area contributed by atoms with Crippen molar-refractivity contribution in [2.75, 3.05) is 0 Å². The van der Waals surface area contributed by atoms with Crippen LogP contribution in [0.25, 0.3) is 0 Å². The highest BCUT2D eigenvalue weighted by molar-refractivity contribution is 5.87. The zero-order chi connectivity index (χ0) is 15.0. The average molecular weight is 286 g/mol. The van der Waals surface area contributed by atoms with Crippen molar-refractivity contribution in [2.24, 2.45) is 0 Å². The molecule has 1 aromatic heterocycles. The number of carbonyl (C=O) groups excluding carboxylic acids is 1. The summed E-state index contributed by atoms with van der Waals surface area (Å²) in [6.07, 6.45) is 1.26. The molecular weight excluding hydrogens is 270 g/mol. The van der Waals surface area contributed by atoms with Crippen molar-refractivity contribution in [1.29, 1.82) is 0 Å². The summed E-state index contributed by atoms with van der Waals surface area (Å²) in [5.74, 6) is -3.11. The molecule has 0 radical (unpaired) electrons. The molecule has 110 valence electrons. The van der Waals surface area contributed by atoms with E-state index in [1.807, 2.05) is 0 Å². The Labute approximate surface area is 115 Å². The number of rotatable bonds is 3. The van der Waals surface area contributed by atoms with Crippen molar-refractivity contribution in [1.82, 2.24) is 9.97 Å². The Kier molecular flexibility index (Phi) is 3.62. The van der Waals surface area contributed by atoms with Gasteiger partial charge in [0.1, 0.15) is 11.7 Å².